The maximum Gasteiger partial charge on any atom is 0.230 e. The predicted molar refractivity (Wildman–Crippen MR) is 41.4 cm³/mol. The van der Waals surface area contributed by atoms with Crippen molar-refractivity contribution in [2.75, 3.05) is 0 Å². The Bertz CT molecular complexity index is 202. The van der Waals surface area contributed by atoms with Gasteiger partial charge in [0.25, 0.3) is 0 Å². The van der Waals surface area contributed by atoms with Gasteiger partial charge in [-0.3, -0.25) is 4.79 Å². The molecule has 1 fully saturated rings. The van der Waals surface area contributed by atoms with Gasteiger partial charge in [0.2, 0.25) is 5.91 Å². The third kappa shape index (κ3) is 0.770. The molecule has 0 aromatic heterocycles. The average Bonchev–Trinajstić information content (AvgIpc) is 1.86. The highest BCUT2D eigenvalue weighted by atomic mass is 32.2. The van der Waals surface area contributed by atoms with Crippen molar-refractivity contribution in [3.8, 4) is 0 Å². The second kappa shape index (κ2) is 2.02. The van der Waals surface area contributed by atoms with Crippen LogP contribution in [0, 0.1) is 0 Å². The number of hydrogen-bond donors (Lipinski definition) is 0. The molecule has 10 heavy (non-hydrogen) atoms. The molecule has 0 aromatic carbocycles. The number of carbonyl (C=O) groups excluding carboxylic acids is 1. The molecule has 1 unspecified atom stereocenters. The monoisotopic (exact) mass is 155 g/mol. The van der Waals surface area contributed by atoms with Crippen molar-refractivity contribution in [2.45, 2.75) is 24.0 Å². The molecule has 2 aliphatic rings. The number of amides is 1. The molecule has 3 heteroatoms. The maximum absolute atomic E-state index is 10.8. The summed E-state index contributed by atoms with van der Waals surface area (Å²) in [5.74, 6) is 0.264. The summed E-state index contributed by atoms with van der Waals surface area (Å²) in [5, 5.41) is 1.03. The lowest BCUT2D eigenvalue weighted by atomic mass is 10.2. The van der Waals surface area contributed by atoms with Gasteiger partial charge in [0, 0.05) is 11.4 Å². The van der Waals surface area contributed by atoms with E-state index in [0.717, 1.165) is 6.42 Å². The molecule has 2 atom stereocenters. The Kier molecular flexibility index (Phi) is 1.27. The summed E-state index contributed by atoms with van der Waals surface area (Å²) < 4.78 is 0. The number of hydrogen-bond acceptors (Lipinski definition) is 2. The first-order valence-electron chi connectivity index (χ1n) is 3.42. The number of fused-ring (bicyclic) bond motifs is 1. The minimum absolute atomic E-state index is 0.264. The van der Waals surface area contributed by atoms with Crippen LogP contribution in [0.25, 0.3) is 0 Å². The van der Waals surface area contributed by atoms with Crippen molar-refractivity contribution in [1.82, 2.24) is 4.90 Å². The maximum atomic E-state index is 10.8. The summed E-state index contributed by atoms with van der Waals surface area (Å²) in [7, 11) is 0. The Morgan fingerprint density at radius 1 is 1.80 bits per heavy atom. The van der Waals surface area contributed by atoms with Crippen LogP contribution in [0.1, 0.15) is 13.3 Å². The molecule has 1 saturated heterocycles. The van der Waals surface area contributed by atoms with E-state index in [-0.39, 0.29) is 5.91 Å². The summed E-state index contributed by atoms with van der Waals surface area (Å²) in [6, 6.07) is 0. The third-order valence-electron chi connectivity index (χ3n) is 1.84. The Morgan fingerprint density at radius 2 is 2.60 bits per heavy atom. The highest BCUT2D eigenvalue weighted by molar-refractivity contribution is 8.00. The Hall–Kier alpha value is -0.440. The molecule has 0 aromatic rings. The smallest absolute Gasteiger partial charge is 0.230 e. The molecule has 0 N–H and O–H groups in total. The van der Waals surface area contributed by atoms with Gasteiger partial charge in [0.05, 0.1) is 11.8 Å². The van der Waals surface area contributed by atoms with E-state index in [1.54, 1.807) is 0 Å². The van der Waals surface area contributed by atoms with Crippen LogP contribution < -0.4 is 0 Å². The van der Waals surface area contributed by atoms with Gasteiger partial charge in [-0.05, 0) is 6.92 Å². The van der Waals surface area contributed by atoms with E-state index in [9.17, 15) is 4.79 Å². The fourth-order valence-electron chi connectivity index (χ4n) is 1.20. The quantitative estimate of drug-likeness (QED) is 0.490. The van der Waals surface area contributed by atoms with Crippen LogP contribution in [0.2, 0.25) is 0 Å². The van der Waals surface area contributed by atoms with Gasteiger partial charge in [0.15, 0.2) is 0 Å². The fraction of sp³-hybridized carbons (Fsp3) is 0.571. The number of nitrogens with zero attached hydrogens (tertiary/aromatic N) is 1. The topological polar surface area (TPSA) is 20.3 Å². The van der Waals surface area contributed by atoms with Crippen molar-refractivity contribution in [3.63, 3.8) is 0 Å². The van der Waals surface area contributed by atoms with Gasteiger partial charge < -0.3 is 4.90 Å². The third-order valence-corrected chi connectivity index (χ3v) is 3.13. The molecule has 0 spiro atoms. The molecule has 0 bridgehead atoms. The summed E-state index contributed by atoms with van der Waals surface area (Å²) in [6.07, 6.45) is 4.72. The average molecular weight is 155 g/mol. The van der Waals surface area contributed by atoms with Crippen LogP contribution in [0.4, 0.5) is 0 Å². The Labute approximate surface area is 64.3 Å². The zero-order valence-corrected chi connectivity index (χ0v) is 6.60. The first-order valence-corrected chi connectivity index (χ1v) is 4.36. The Balaban J connectivity index is 2.14. The van der Waals surface area contributed by atoms with Gasteiger partial charge in [-0.25, -0.2) is 0 Å². The molecular weight excluding hydrogens is 146 g/mol. The molecular formula is C7H9NOS. The van der Waals surface area contributed by atoms with E-state index in [0.29, 0.717) is 10.6 Å². The van der Waals surface area contributed by atoms with Crippen LogP contribution >= 0.6 is 11.8 Å². The van der Waals surface area contributed by atoms with Crippen molar-refractivity contribution in [1.29, 1.82) is 0 Å². The summed E-state index contributed by atoms with van der Waals surface area (Å²) >= 11 is 1.86. The van der Waals surface area contributed by atoms with Crippen LogP contribution in [-0.2, 0) is 4.79 Å². The van der Waals surface area contributed by atoms with Gasteiger partial charge >= 0.3 is 0 Å². The van der Waals surface area contributed by atoms with E-state index in [2.05, 4.69) is 13.0 Å². The Morgan fingerprint density at radius 3 is 3.20 bits per heavy atom. The van der Waals surface area contributed by atoms with Gasteiger partial charge in [-0.2, -0.15) is 0 Å². The van der Waals surface area contributed by atoms with Crippen molar-refractivity contribution < 1.29 is 4.79 Å². The molecule has 1 amide bonds. The van der Waals surface area contributed by atoms with Crippen molar-refractivity contribution >= 4 is 17.7 Å². The first kappa shape index (κ1) is 6.28. The van der Waals surface area contributed by atoms with E-state index in [1.165, 1.54) is 0 Å². The van der Waals surface area contributed by atoms with Crippen LogP contribution in [0.3, 0.4) is 0 Å². The molecule has 0 aliphatic carbocycles. The van der Waals surface area contributed by atoms with Crippen LogP contribution in [-0.4, -0.2) is 21.4 Å². The van der Waals surface area contributed by atoms with Crippen molar-refractivity contribution in [3.05, 3.63) is 12.3 Å². The SMILES string of the molecule is C[C@@H]1C=CN2C(=O)CC2S1. The highest BCUT2D eigenvalue weighted by Gasteiger charge is 2.37. The molecule has 0 saturated carbocycles. The van der Waals surface area contributed by atoms with Crippen molar-refractivity contribution in [2.24, 2.45) is 0 Å². The zero-order chi connectivity index (χ0) is 7.14. The molecule has 2 rings (SSSR count). The highest BCUT2D eigenvalue weighted by Crippen LogP contribution is 2.36. The summed E-state index contributed by atoms with van der Waals surface area (Å²) in [4.78, 5) is 12.6. The zero-order valence-electron chi connectivity index (χ0n) is 5.78. The fourth-order valence-corrected chi connectivity index (χ4v) is 2.42. The number of β-lactam (4-membered cyclic amide) rings is 1. The second-order valence-electron chi connectivity index (χ2n) is 2.64. The molecule has 0 radical (unpaired) electrons. The molecule has 2 aliphatic heterocycles. The van der Waals surface area contributed by atoms with Gasteiger partial charge in [-0.1, -0.05) is 6.08 Å². The number of carbonyl (C=O) groups is 1. The minimum Gasteiger partial charge on any atom is -0.306 e. The predicted octanol–water partition coefficient (Wildman–Crippen LogP) is 1.19. The number of rotatable bonds is 0. The standard InChI is InChI=1S/C7H9NOS/c1-5-2-3-8-6(9)4-7(8)10-5/h2-3,5,7H,4H2,1H3/t5-,7?/m1/s1. The minimum atomic E-state index is 0.264. The lowest BCUT2D eigenvalue weighted by Crippen LogP contribution is -2.49. The lowest BCUT2D eigenvalue weighted by molar-refractivity contribution is -0.137. The van der Waals surface area contributed by atoms with E-state index in [4.69, 9.17) is 0 Å². The summed E-state index contributed by atoms with van der Waals surface area (Å²) in [6.45, 7) is 2.15. The lowest BCUT2D eigenvalue weighted by Gasteiger charge is -2.41. The van der Waals surface area contributed by atoms with E-state index < -0.39 is 0 Å². The van der Waals surface area contributed by atoms with Crippen LogP contribution in [0.5, 0.6) is 0 Å². The van der Waals surface area contributed by atoms with E-state index in [1.807, 2.05) is 22.9 Å². The molecule has 2 heterocycles. The summed E-state index contributed by atoms with van der Waals surface area (Å²) in [5.41, 5.74) is 0. The normalized spacial score (nSPS) is 37.3. The van der Waals surface area contributed by atoms with Crippen LogP contribution in [0.15, 0.2) is 12.3 Å². The van der Waals surface area contributed by atoms with Gasteiger partial charge in [0.1, 0.15) is 0 Å². The molecule has 54 valence electrons. The largest absolute Gasteiger partial charge is 0.306 e. The second-order valence-corrected chi connectivity index (χ2v) is 4.20. The van der Waals surface area contributed by atoms with E-state index >= 15 is 0 Å². The first-order chi connectivity index (χ1) is 4.77. The number of thioether (sulfide) groups is 1. The molecule has 2 nitrogen and oxygen atoms in total. The van der Waals surface area contributed by atoms with Gasteiger partial charge in [-0.15, -0.1) is 11.8 Å².